The van der Waals surface area contributed by atoms with Crippen LogP contribution in [0.25, 0.3) is 0 Å². The summed E-state index contributed by atoms with van der Waals surface area (Å²) >= 11 is 0. The van der Waals surface area contributed by atoms with Crippen LogP contribution in [0.4, 0.5) is 24.5 Å². The number of nitrogens with two attached hydrogens (primary N) is 1. The summed E-state index contributed by atoms with van der Waals surface area (Å²) in [6.07, 6.45) is -3.28. The Morgan fingerprint density at radius 3 is 2.41 bits per heavy atom. The van der Waals surface area contributed by atoms with Crippen molar-refractivity contribution >= 4 is 11.4 Å². The van der Waals surface area contributed by atoms with E-state index in [9.17, 15) is 13.2 Å². The van der Waals surface area contributed by atoms with Gasteiger partial charge in [-0.05, 0) is 37.1 Å². The van der Waals surface area contributed by atoms with E-state index in [-0.39, 0.29) is 13.0 Å². The van der Waals surface area contributed by atoms with Gasteiger partial charge >= 0.3 is 6.18 Å². The average molecular weight is 244 g/mol. The van der Waals surface area contributed by atoms with E-state index in [4.69, 9.17) is 5.73 Å². The van der Waals surface area contributed by atoms with Gasteiger partial charge in [-0.1, -0.05) is 0 Å². The first-order valence-electron chi connectivity index (χ1n) is 5.64. The molecule has 0 spiro atoms. The molecule has 17 heavy (non-hydrogen) atoms. The molecule has 1 aromatic rings. The third-order valence-electron chi connectivity index (χ3n) is 3.14. The second-order valence-electron chi connectivity index (χ2n) is 4.42. The molecule has 2 nitrogen and oxygen atoms in total. The molecule has 0 aliphatic carbocycles. The van der Waals surface area contributed by atoms with E-state index in [2.05, 4.69) is 0 Å². The quantitative estimate of drug-likeness (QED) is 0.769. The second-order valence-corrected chi connectivity index (χ2v) is 4.42. The Hall–Kier alpha value is -1.39. The number of halogens is 3. The third kappa shape index (κ3) is 2.84. The van der Waals surface area contributed by atoms with E-state index < -0.39 is 12.1 Å². The third-order valence-corrected chi connectivity index (χ3v) is 3.14. The van der Waals surface area contributed by atoms with Crippen molar-refractivity contribution in [1.82, 2.24) is 0 Å². The van der Waals surface area contributed by atoms with Gasteiger partial charge in [0.2, 0.25) is 0 Å². The Morgan fingerprint density at radius 2 is 1.82 bits per heavy atom. The van der Waals surface area contributed by atoms with Gasteiger partial charge in [0.15, 0.2) is 0 Å². The van der Waals surface area contributed by atoms with Crippen LogP contribution in [-0.4, -0.2) is 19.3 Å². The lowest BCUT2D eigenvalue weighted by Crippen LogP contribution is -2.41. The zero-order valence-corrected chi connectivity index (χ0v) is 9.37. The van der Waals surface area contributed by atoms with Gasteiger partial charge in [0.05, 0.1) is 5.92 Å². The van der Waals surface area contributed by atoms with Gasteiger partial charge in [0.25, 0.3) is 0 Å². The molecule has 2 rings (SSSR count). The van der Waals surface area contributed by atoms with Gasteiger partial charge in [-0.2, -0.15) is 13.2 Å². The first-order chi connectivity index (χ1) is 7.97. The SMILES string of the molecule is Nc1ccc(N2CCC[C@@H](C(F)(F)F)C2)cc1. The van der Waals surface area contributed by atoms with E-state index >= 15 is 0 Å². The Morgan fingerprint density at radius 1 is 1.18 bits per heavy atom. The van der Waals surface area contributed by atoms with Crippen molar-refractivity contribution in [2.24, 2.45) is 5.92 Å². The molecule has 5 heteroatoms. The van der Waals surface area contributed by atoms with Crippen LogP contribution in [-0.2, 0) is 0 Å². The topological polar surface area (TPSA) is 29.3 Å². The van der Waals surface area contributed by atoms with E-state index in [1.165, 1.54) is 0 Å². The van der Waals surface area contributed by atoms with E-state index in [1.807, 2.05) is 0 Å². The molecule has 2 N–H and O–H groups in total. The minimum atomic E-state index is -4.09. The van der Waals surface area contributed by atoms with Gasteiger partial charge < -0.3 is 10.6 Å². The lowest BCUT2D eigenvalue weighted by molar-refractivity contribution is -0.175. The van der Waals surface area contributed by atoms with Crippen molar-refractivity contribution in [3.63, 3.8) is 0 Å². The van der Waals surface area contributed by atoms with Crippen LogP contribution in [0.15, 0.2) is 24.3 Å². The lowest BCUT2D eigenvalue weighted by atomic mass is 9.97. The first-order valence-corrected chi connectivity index (χ1v) is 5.64. The standard InChI is InChI=1S/C12H15F3N2/c13-12(14,15)9-2-1-7-17(8-9)11-5-3-10(16)4-6-11/h3-6,9H,1-2,7-8,16H2/t9-/m1/s1. The maximum absolute atomic E-state index is 12.6. The van der Waals surface area contributed by atoms with Crippen LogP contribution in [0.1, 0.15) is 12.8 Å². The number of benzene rings is 1. The summed E-state index contributed by atoms with van der Waals surface area (Å²) in [5, 5.41) is 0. The number of piperidine rings is 1. The number of hydrogen-bond donors (Lipinski definition) is 1. The first kappa shape index (κ1) is 12.1. The number of rotatable bonds is 1. The fourth-order valence-electron chi connectivity index (χ4n) is 2.16. The Labute approximate surface area is 98.2 Å². The van der Waals surface area contributed by atoms with Crippen molar-refractivity contribution in [2.75, 3.05) is 23.7 Å². The van der Waals surface area contributed by atoms with Gasteiger partial charge in [0, 0.05) is 24.5 Å². The Bertz CT molecular complexity index is 372. The molecule has 0 saturated carbocycles. The Balaban J connectivity index is 2.09. The van der Waals surface area contributed by atoms with E-state index in [0.717, 1.165) is 5.69 Å². The highest BCUT2D eigenvalue weighted by atomic mass is 19.4. The fraction of sp³-hybridized carbons (Fsp3) is 0.500. The summed E-state index contributed by atoms with van der Waals surface area (Å²) in [4.78, 5) is 1.78. The van der Waals surface area contributed by atoms with Crippen molar-refractivity contribution in [3.8, 4) is 0 Å². The summed E-state index contributed by atoms with van der Waals surface area (Å²) < 4.78 is 37.9. The van der Waals surface area contributed by atoms with Crippen molar-refractivity contribution in [2.45, 2.75) is 19.0 Å². The number of nitrogen functional groups attached to an aromatic ring is 1. The predicted molar refractivity (Wildman–Crippen MR) is 61.8 cm³/mol. The summed E-state index contributed by atoms with van der Waals surface area (Å²) in [6.45, 7) is 0.726. The molecule has 1 saturated heterocycles. The smallest absolute Gasteiger partial charge is 0.393 e. The highest BCUT2D eigenvalue weighted by Gasteiger charge is 2.41. The molecule has 1 fully saturated rings. The monoisotopic (exact) mass is 244 g/mol. The van der Waals surface area contributed by atoms with E-state index in [1.54, 1.807) is 29.2 Å². The van der Waals surface area contributed by atoms with Crippen LogP contribution in [0.3, 0.4) is 0 Å². The van der Waals surface area contributed by atoms with Crippen molar-refractivity contribution < 1.29 is 13.2 Å². The average Bonchev–Trinajstić information content (AvgIpc) is 2.29. The normalized spacial score (nSPS) is 21.6. The molecule has 1 atom stereocenters. The zero-order valence-electron chi connectivity index (χ0n) is 9.37. The molecule has 94 valence electrons. The number of hydrogen-bond acceptors (Lipinski definition) is 2. The minimum absolute atomic E-state index is 0.0490. The zero-order chi connectivity index (χ0) is 12.5. The highest BCUT2D eigenvalue weighted by molar-refractivity contribution is 5.53. The maximum atomic E-state index is 12.6. The van der Waals surface area contributed by atoms with Crippen LogP contribution in [0.2, 0.25) is 0 Å². The molecule has 1 aliphatic rings. The van der Waals surface area contributed by atoms with Crippen LogP contribution >= 0.6 is 0 Å². The number of nitrogens with zero attached hydrogens (tertiary/aromatic N) is 1. The molecule has 0 bridgehead atoms. The molecule has 0 radical (unpaired) electrons. The summed E-state index contributed by atoms with van der Waals surface area (Å²) in [6, 6.07) is 6.97. The highest BCUT2D eigenvalue weighted by Crippen LogP contribution is 2.34. The van der Waals surface area contributed by atoms with Crippen LogP contribution < -0.4 is 10.6 Å². The van der Waals surface area contributed by atoms with Crippen LogP contribution in [0, 0.1) is 5.92 Å². The van der Waals surface area contributed by atoms with Crippen LogP contribution in [0.5, 0.6) is 0 Å². The minimum Gasteiger partial charge on any atom is -0.399 e. The molecular weight excluding hydrogens is 229 g/mol. The second kappa shape index (κ2) is 4.47. The summed E-state index contributed by atoms with van der Waals surface area (Å²) in [7, 11) is 0. The molecule has 0 unspecified atom stereocenters. The fourth-order valence-corrected chi connectivity index (χ4v) is 2.16. The molecule has 0 aromatic heterocycles. The van der Waals surface area contributed by atoms with Gasteiger partial charge in [0.1, 0.15) is 0 Å². The van der Waals surface area contributed by atoms with Gasteiger partial charge in [-0.15, -0.1) is 0 Å². The molecular formula is C12H15F3N2. The van der Waals surface area contributed by atoms with Gasteiger partial charge in [-0.25, -0.2) is 0 Å². The molecule has 1 heterocycles. The summed E-state index contributed by atoms with van der Waals surface area (Å²) in [5.74, 6) is -1.21. The van der Waals surface area contributed by atoms with Crippen molar-refractivity contribution in [3.05, 3.63) is 24.3 Å². The molecule has 1 aliphatic heterocycles. The lowest BCUT2D eigenvalue weighted by Gasteiger charge is -2.35. The summed E-state index contributed by atoms with van der Waals surface area (Å²) in [5.41, 5.74) is 6.99. The Kier molecular flexibility index (Phi) is 3.17. The largest absolute Gasteiger partial charge is 0.399 e. The molecule has 1 aromatic carbocycles. The van der Waals surface area contributed by atoms with Crippen molar-refractivity contribution in [1.29, 1.82) is 0 Å². The maximum Gasteiger partial charge on any atom is 0.393 e. The number of anilines is 2. The number of alkyl halides is 3. The van der Waals surface area contributed by atoms with E-state index in [0.29, 0.717) is 18.7 Å². The molecule has 0 amide bonds. The van der Waals surface area contributed by atoms with Gasteiger partial charge in [-0.3, -0.25) is 0 Å². The predicted octanol–water partition coefficient (Wildman–Crippen LogP) is 3.05.